The molecule has 1 N–H and O–H groups in total. The number of carbonyl (C=O) groups is 1. The fraction of sp³-hybridized carbons (Fsp3) is 0.625. The number of nitro groups is 1. The van der Waals surface area contributed by atoms with Crippen molar-refractivity contribution in [2.45, 2.75) is 39.2 Å². The first-order valence-corrected chi connectivity index (χ1v) is 8.56. The summed E-state index contributed by atoms with van der Waals surface area (Å²) in [7, 11) is 0. The van der Waals surface area contributed by atoms with Crippen LogP contribution in [-0.2, 0) is 4.74 Å². The zero-order chi connectivity index (χ0) is 18.6. The van der Waals surface area contributed by atoms with Gasteiger partial charge in [0.2, 0.25) is 5.15 Å². The Kier molecular flexibility index (Phi) is 6.05. The van der Waals surface area contributed by atoms with Crippen molar-refractivity contribution < 1.29 is 14.5 Å². The molecule has 8 nitrogen and oxygen atoms in total. The van der Waals surface area contributed by atoms with E-state index in [0.29, 0.717) is 25.3 Å². The average Bonchev–Trinajstić information content (AvgIpc) is 2.51. The monoisotopic (exact) mass is 370 g/mol. The Morgan fingerprint density at radius 2 is 2.28 bits per heavy atom. The van der Waals surface area contributed by atoms with Gasteiger partial charge in [-0.15, -0.1) is 0 Å². The van der Waals surface area contributed by atoms with E-state index in [1.54, 1.807) is 4.90 Å². The normalized spacial score (nSPS) is 17.9. The van der Waals surface area contributed by atoms with E-state index in [-0.39, 0.29) is 22.9 Å². The third-order valence-corrected chi connectivity index (χ3v) is 4.09. The van der Waals surface area contributed by atoms with Gasteiger partial charge in [0, 0.05) is 25.8 Å². The number of nitrogens with one attached hydrogen (secondary N) is 1. The van der Waals surface area contributed by atoms with Crippen molar-refractivity contribution in [1.82, 2.24) is 9.88 Å². The number of nitrogens with zero attached hydrogens (tertiary/aromatic N) is 3. The Balaban J connectivity index is 1.97. The topological polar surface area (TPSA) is 97.6 Å². The largest absolute Gasteiger partial charge is 0.444 e. The number of likely N-dealkylation sites (tertiary alicyclic amines) is 1. The van der Waals surface area contributed by atoms with E-state index >= 15 is 0 Å². The van der Waals surface area contributed by atoms with Crippen LogP contribution in [0, 0.1) is 16.0 Å². The number of ether oxygens (including phenoxy) is 1. The summed E-state index contributed by atoms with van der Waals surface area (Å²) in [5.74, 6) is 0.174. The van der Waals surface area contributed by atoms with Gasteiger partial charge in [-0.05, 0) is 45.6 Å². The molecule has 1 aromatic heterocycles. The number of pyridine rings is 1. The second-order valence-corrected chi connectivity index (χ2v) is 7.43. The van der Waals surface area contributed by atoms with E-state index in [1.807, 2.05) is 20.8 Å². The van der Waals surface area contributed by atoms with Crippen molar-refractivity contribution >= 4 is 29.1 Å². The molecular weight excluding hydrogens is 348 g/mol. The summed E-state index contributed by atoms with van der Waals surface area (Å²) in [4.78, 5) is 28.2. The molecule has 0 saturated carbocycles. The lowest BCUT2D eigenvalue weighted by atomic mass is 9.98. The van der Waals surface area contributed by atoms with Gasteiger partial charge >= 0.3 is 11.8 Å². The van der Waals surface area contributed by atoms with Crippen LogP contribution < -0.4 is 5.32 Å². The van der Waals surface area contributed by atoms with E-state index < -0.39 is 10.5 Å². The zero-order valence-corrected chi connectivity index (χ0v) is 15.4. The van der Waals surface area contributed by atoms with Gasteiger partial charge in [0.25, 0.3) is 0 Å². The van der Waals surface area contributed by atoms with Gasteiger partial charge in [0.1, 0.15) is 11.3 Å². The maximum atomic E-state index is 12.2. The number of hydrogen-bond donors (Lipinski definition) is 1. The molecule has 1 atom stereocenters. The molecule has 1 amide bonds. The molecule has 2 heterocycles. The lowest BCUT2D eigenvalue weighted by molar-refractivity contribution is -0.384. The van der Waals surface area contributed by atoms with E-state index in [1.165, 1.54) is 12.3 Å². The van der Waals surface area contributed by atoms with E-state index in [9.17, 15) is 14.9 Å². The third kappa shape index (κ3) is 5.45. The van der Waals surface area contributed by atoms with E-state index in [0.717, 1.165) is 12.8 Å². The quantitative estimate of drug-likeness (QED) is 0.493. The summed E-state index contributed by atoms with van der Waals surface area (Å²) in [6.45, 7) is 7.21. The van der Waals surface area contributed by atoms with Crippen LogP contribution in [0.4, 0.5) is 16.2 Å². The minimum atomic E-state index is -0.550. The second kappa shape index (κ2) is 7.86. The molecule has 0 aliphatic carbocycles. The second-order valence-electron chi connectivity index (χ2n) is 7.07. The summed E-state index contributed by atoms with van der Waals surface area (Å²) in [6.07, 6.45) is 2.89. The van der Waals surface area contributed by atoms with Crippen molar-refractivity contribution in [2.24, 2.45) is 5.92 Å². The van der Waals surface area contributed by atoms with Crippen LogP contribution in [0.1, 0.15) is 33.6 Å². The molecule has 1 fully saturated rings. The van der Waals surface area contributed by atoms with Crippen LogP contribution >= 0.6 is 11.6 Å². The molecule has 1 saturated heterocycles. The summed E-state index contributed by atoms with van der Waals surface area (Å²) < 4.78 is 5.41. The van der Waals surface area contributed by atoms with Gasteiger partial charge in [-0.1, -0.05) is 11.6 Å². The molecule has 0 bridgehead atoms. The Morgan fingerprint density at radius 3 is 2.92 bits per heavy atom. The van der Waals surface area contributed by atoms with Crippen molar-refractivity contribution in [3.63, 3.8) is 0 Å². The highest BCUT2D eigenvalue weighted by atomic mass is 35.5. The van der Waals surface area contributed by atoms with Gasteiger partial charge in [0.15, 0.2) is 0 Å². The number of anilines is 1. The van der Waals surface area contributed by atoms with E-state index in [2.05, 4.69) is 10.3 Å². The number of amides is 1. The Labute approximate surface area is 151 Å². The predicted molar refractivity (Wildman–Crippen MR) is 94.9 cm³/mol. The molecule has 9 heteroatoms. The van der Waals surface area contributed by atoms with Crippen molar-refractivity contribution in [1.29, 1.82) is 0 Å². The molecule has 1 aliphatic heterocycles. The number of aromatic nitrogens is 1. The number of rotatable bonds is 4. The lowest BCUT2D eigenvalue weighted by Gasteiger charge is -2.34. The van der Waals surface area contributed by atoms with E-state index in [4.69, 9.17) is 16.3 Å². The van der Waals surface area contributed by atoms with Crippen molar-refractivity contribution in [2.75, 3.05) is 25.0 Å². The van der Waals surface area contributed by atoms with Gasteiger partial charge in [-0.25, -0.2) is 9.78 Å². The Morgan fingerprint density at radius 1 is 1.56 bits per heavy atom. The highest BCUT2D eigenvalue weighted by molar-refractivity contribution is 6.32. The van der Waals surface area contributed by atoms with Crippen molar-refractivity contribution in [3.8, 4) is 0 Å². The molecular formula is C16H23ClN4O4. The van der Waals surface area contributed by atoms with Gasteiger partial charge in [-0.3, -0.25) is 10.1 Å². The molecule has 1 aromatic rings. The maximum absolute atomic E-state index is 12.2. The summed E-state index contributed by atoms with van der Waals surface area (Å²) in [6, 6.07) is 1.53. The number of hydrogen-bond acceptors (Lipinski definition) is 6. The Hall–Kier alpha value is -2.09. The first kappa shape index (κ1) is 19.2. The molecule has 25 heavy (non-hydrogen) atoms. The average molecular weight is 371 g/mol. The number of halogens is 1. The van der Waals surface area contributed by atoms with Crippen LogP contribution in [0.5, 0.6) is 0 Å². The standard InChI is InChI=1S/C16H23ClN4O4/c1-16(2,3)25-15(22)20-8-4-5-11(10-20)9-19-12-6-7-18-14(17)13(12)21(23)24/h6-7,11H,4-5,8-10H2,1-3H3,(H,18,19). The molecule has 0 spiro atoms. The smallest absolute Gasteiger partial charge is 0.410 e. The lowest BCUT2D eigenvalue weighted by Crippen LogP contribution is -2.44. The fourth-order valence-corrected chi connectivity index (χ4v) is 2.95. The summed E-state index contributed by atoms with van der Waals surface area (Å²) in [5.41, 5.74) is -0.431. The van der Waals surface area contributed by atoms with Crippen LogP contribution in [0.25, 0.3) is 0 Å². The van der Waals surface area contributed by atoms with Crippen LogP contribution in [0.15, 0.2) is 12.3 Å². The van der Waals surface area contributed by atoms with Crippen LogP contribution in [-0.4, -0.2) is 46.1 Å². The maximum Gasteiger partial charge on any atom is 0.410 e. The molecule has 0 radical (unpaired) electrons. The molecule has 1 unspecified atom stereocenters. The number of carbonyl (C=O) groups excluding carboxylic acids is 1. The first-order chi connectivity index (χ1) is 11.7. The van der Waals surface area contributed by atoms with Gasteiger partial charge in [-0.2, -0.15) is 0 Å². The van der Waals surface area contributed by atoms with Crippen LogP contribution in [0.2, 0.25) is 5.15 Å². The van der Waals surface area contributed by atoms with Crippen LogP contribution in [0.3, 0.4) is 0 Å². The molecule has 0 aromatic carbocycles. The fourth-order valence-electron chi connectivity index (χ4n) is 2.72. The zero-order valence-electron chi connectivity index (χ0n) is 14.6. The minimum absolute atomic E-state index is 0.144. The van der Waals surface area contributed by atoms with Crippen molar-refractivity contribution in [3.05, 3.63) is 27.5 Å². The van der Waals surface area contributed by atoms with Gasteiger partial charge < -0.3 is 15.0 Å². The third-order valence-electron chi connectivity index (χ3n) is 3.81. The summed E-state index contributed by atoms with van der Waals surface area (Å²) >= 11 is 5.81. The molecule has 1 aliphatic rings. The highest BCUT2D eigenvalue weighted by Crippen LogP contribution is 2.31. The molecule has 2 rings (SSSR count). The minimum Gasteiger partial charge on any atom is -0.444 e. The molecule has 138 valence electrons. The first-order valence-electron chi connectivity index (χ1n) is 8.18. The number of piperidine rings is 1. The highest BCUT2D eigenvalue weighted by Gasteiger charge is 2.28. The Bertz CT molecular complexity index is 648. The van der Waals surface area contributed by atoms with Gasteiger partial charge in [0.05, 0.1) is 4.92 Å². The summed E-state index contributed by atoms with van der Waals surface area (Å²) in [5, 5.41) is 14.1. The predicted octanol–water partition coefficient (Wildman–Crippen LogP) is 3.70. The SMILES string of the molecule is CC(C)(C)OC(=O)N1CCCC(CNc2ccnc(Cl)c2[N+](=O)[O-])C1.